The number of hydrogen-bond acceptors (Lipinski definition) is 6. The van der Waals surface area contributed by atoms with Crippen LogP contribution in [-0.4, -0.2) is 44.0 Å². The summed E-state index contributed by atoms with van der Waals surface area (Å²) in [6.45, 7) is 10.4. The summed E-state index contributed by atoms with van der Waals surface area (Å²) in [5.74, 6) is 0.909. The third-order valence-corrected chi connectivity index (χ3v) is 4.35. The third kappa shape index (κ3) is 5.59. The van der Waals surface area contributed by atoms with E-state index in [9.17, 15) is 4.79 Å². The predicted octanol–water partition coefficient (Wildman–Crippen LogP) is 3.07. The van der Waals surface area contributed by atoms with Gasteiger partial charge in [-0.3, -0.25) is 4.79 Å². The highest BCUT2D eigenvalue weighted by molar-refractivity contribution is 7.99. The topological polar surface area (TPSA) is 84.7 Å². The van der Waals surface area contributed by atoms with Crippen molar-refractivity contribution in [3.63, 3.8) is 0 Å². The molecule has 2 heterocycles. The molecule has 8 heteroatoms. The minimum Gasteiger partial charge on any atom is -0.369 e. The molecule has 0 fully saturated rings. The molecule has 0 aromatic carbocycles. The van der Waals surface area contributed by atoms with Crippen LogP contribution in [0, 0.1) is 0 Å². The fraction of sp³-hybridized carbons (Fsp3) is 0.647. The SMILES string of the molecule is CCCNc1nc(SC(C)C)nc2c1cnn2CCNC(=O)CCC. The lowest BCUT2D eigenvalue weighted by atomic mass is 10.3. The van der Waals surface area contributed by atoms with Crippen LogP contribution in [-0.2, 0) is 11.3 Å². The fourth-order valence-corrected chi connectivity index (χ4v) is 3.06. The van der Waals surface area contributed by atoms with Gasteiger partial charge in [0.1, 0.15) is 5.82 Å². The Balaban J connectivity index is 2.21. The van der Waals surface area contributed by atoms with Crippen LogP contribution in [0.2, 0.25) is 0 Å². The first-order chi connectivity index (χ1) is 12.0. The van der Waals surface area contributed by atoms with Crippen LogP contribution in [0.15, 0.2) is 11.4 Å². The molecule has 0 bridgehead atoms. The summed E-state index contributed by atoms with van der Waals surface area (Å²) in [5.41, 5.74) is 0.807. The van der Waals surface area contributed by atoms with E-state index in [2.05, 4.69) is 46.5 Å². The van der Waals surface area contributed by atoms with Crippen LogP contribution in [0.5, 0.6) is 0 Å². The number of nitrogens with zero attached hydrogens (tertiary/aromatic N) is 4. The number of thioether (sulfide) groups is 1. The molecular formula is C17H28N6OS. The largest absolute Gasteiger partial charge is 0.369 e. The highest BCUT2D eigenvalue weighted by Gasteiger charge is 2.14. The summed E-state index contributed by atoms with van der Waals surface area (Å²) >= 11 is 1.64. The fourth-order valence-electron chi connectivity index (χ4n) is 2.36. The van der Waals surface area contributed by atoms with Crippen LogP contribution < -0.4 is 10.6 Å². The summed E-state index contributed by atoms with van der Waals surface area (Å²) in [5, 5.41) is 12.8. The number of nitrogens with one attached hydrogen (secondary N) is 2. The highest BCUT2D eigenvalue weighted by atomic mass is 32.2. The molecule has 0 saturated heterocycles. The van der Waals surface area contributed by atoms with Gasteiger partial charge >= 0.3 is 0 Å². The zero-order valence-electron chi connectivity index (χ0n) is 15.5. The minimum absolute atomic E-state index is 0.0786. The van der Waals surface area contributed by atoms with Gasteiger partial charge in [0.05, 0.1) is 18.1 Å². The van der Waals surface area contributed by atoms with E-state index in [1.165, 1.54) is 0 Å². The van der Waals surface area contributed by atoms with Crippen LogP contribution in [0.25, 0.3) is 11.0 Å². The van der Waals surface area contributed by atoms with E-state index in [0.717, 1.165) is 41.4 Å². The van der Waals surface area contributed by atoms with E-state index in [4.69, 9.17) is 0 Å². The maximum absolute atomic E-state index is 11.6. The average Bonchev–Trinajstić information content (AvgIpc) is 2.95. The Morgan fingerprint density at radius 3 is 2.72 bits per heavy atom. The van der Waals surface area contributed by atoms with Crippen LogP contribution in [0.3, 0.4) is 0 Å². The zero-order valence-corrected chi connectivity index (χ0v) is 16.3. The second-order valence-electron chi connectivity index (χ2n) is 6.15. The lowest BCUT2D eigenvalue weighted by molar-refractivity contribution is -0.121. The van der Waals surface area contributed by atoms with Crippen molar-refractivity contribution in [3.05, 3.63) is 6.20 Å². The molecule has 0 aliphatic carbocycles. The van der Waals surface area contributed by atoms with Crippen molar-refractivity contribution in [2.75, 3.05) is 18.4 Å². The lowest BCUT2D eigenvalue weighted by Crippen LogP contribution is -2.27. The molecule has 2 aromatic heterocycles. The molecule has 0 aliphatic rings. The van der Waals surface area contributed by atoms with Gasteiger partial charge in [0.25, 0.3) is 0 Å². The Labute approximate surface area is 153 Å². The summed E-state index contributed by atoms with van der Waals surface area (Å²) < 4.78 is 1.84. The number of amides is 1. The first kappa shape index (κ1) is 19.5. The van der Waals surface area contributed by atoms with E-state index < -0.39 is 0 Å². The van der Waals surface area contributed by atoms with Gasteiger partial charge in [-0.25, -0.2) is 14.6 Å². The molecule has 2 N–H and O–H groups in total. The third-order valence-electron chi connectivity index (χ3n) is 3.48. The molecule has 7 nitrogen and oxygen atoms in total. The number of carbonyl (C=O) groups excluding carboxylic acids is 1. The molecule has 2 rings (SSSR count). The number of hydrogen-bond donors (Lipinski definition) is 2. The second kappa shape index (κ2) is 9.60. The van der Waals surface area contributed by atoms with E-state index in [0.29, 0.717) is 24.8 Å². The average molecular weight is 365 g/mol. The standard InChI is InChI=1S/C17H28N6OS/c1-5-7-14(24)18-9-10-23-16-13(11-20-23)15(19-8-6-2)21-17(22-16)25-12(3)4/h11-12H,5-10H2,1-4H3,(H,18,24)(H,19,21,22). The van der Waals surface area contributed by atoms with E-state index in [1.54, 1.807) is 18.0 Å². The number of aromatic nitrogens is 4. The molecule has 0 unspecified atom stereocenters. The van der Waals surface area contributed by atoms with E-state index in [1.807, 2.05) is 11.6 Å². The van der Waals surface area contributed by atoms with Gasteiger partial charge in [0.2, 0.25) is 5.91 Å². The van der Waals surface area contributed by atoms with Crippen molar-refractivity contribution in [2.45, 2.75) is 63.9 Å². The maximum atomic E-state index is 11.6. The van der Waals surface area contributed by atoms with Crippen LogP contribution in [0.1, 0.15) is 47.0 Å². The Kier molecular flexibility index (Phi) is 7.49. The first-order valence-corrected chi connectivity index (χ1v) is 9.83. The molecule has 25 heavy (non-hydrogen) atoms. The van der Waals surface area contributed by atoms with Crippen LogP contribution >= 0.6 is 11.8 Å². The van der Waals surface area contributed by atoms with Crippen LogP contribution in [0.4, 0.5) is 5.82 Å². The molecular weight excluding hydrogens is 336 g/mol. The predicted molar refractivity (Wildman–Crippen MR) is 103 cm³/mol. The Hall–Kier alpha value is -1.83. The second-order valence-corrected chi connectivity index (χ2v) is 7.70. The van der Waals surface area contributed by atoms with Crippen molar-refractivity contribution in [1.82, 2.24) is 25.1 Å². The van der Waals surface area contributed by atoms with Crippen molar-refractivity contribution < 1.29 is 4.79 Å². The van der Waals surface area contributed by atoms with Gasteiger partial charge in [-0.1, -0.05) is 39.5 Å². The van der Waals surface area contributed by atoms with Crippen molar-refractivity contribution in [1.29, 1.82) is 0 Å². The monoisotopic (exact) mass is 364 g/mol. The summed E-state index contributed by atoms with van der Waals surface area (Å²) in [4.78, 5) is 20.9. The quantitative estimate of drug-likeness (QED) is 0.498. The van der Waals surface area contributed by atoms with E-state index in [-0.39, 0.29) is 5.91 Å². The van der Waals surface area contributed by atoms with Gasteiger partial charge < -0.3 is 10.6 Å². The molecule has 0 atom stereocenters. The highest BCUT2D eigenvalue weighted by Crippen LogP contribution is 2.26. The Morgan fingerprint density at radius 1 is 1.24 bits per heavy atom. The number of rotatable bonds is 10. The number of fused-ring (bicyclic) bond motifs is 1. The Bertz CT molecular complexity index is 700. The molecule has 2 aromatic rings. The molecule has 0 spiro atoms. The summed E-state index contributed by atoms with van der Waals surface area (Å²) in [6.07, 6.45) is 4.23. The maximum Gasteiger partial charge on any atom is 0.220 e. The number of carbonyl (C=O) groups is 1. The van der Waals surface area contributed by atoms with E-state index >= 15 is 0 Å². The summed E-state index contributed by atoms with van der Waals surface area (Å²) in [6, 6.07) is 0. The molecule has 0 radical (unpaired) electrons. The lowest BCUT2D eigenvalue weighted by Gasteiger charge is -2.10. The van der Waals surface area contributed by atoms with Gasteiger partial charge in [0, 0.05) is 24.8 Å². The minimum atomic E-state index is 0.0786. The summed E-state index contributed by atoms with van der Waals surface area (Å²) in [7, 11) is 0. The van der Waals surface area contributed by atoms with Gasteiger partial charge in [-0.05, 0) is 12.8 Å². The van der Waals surface area contributed by atoms with Crippen molar-refractivity contribution in [3.8, 4) is 0 Å². The van der Waals surface area contributed by atoms with Crippen molar-refractivity contribution in [2.24, 2.45) is 0 Å². The molecule has 1 amide bonds. The Morgan fingerprint density at radius 2 is 2.04 bits per heavy atom. The normalized spacial score (nSPS) is 11.2. The van der Waals surface area contributed by atoms with Gasteiger partial charge in [-0.15, -0.1) is 0 Å². The number of anilines is 1. The zero-order chi connectivity index (χ0) is 18.2. The smallest absolute Gasteiger partial charge is 0.220 e. The first-order valence-electron chi connectivity index (χ1n) is 8.95. The molecule has 0 saturated carbocycles. The van der Waals surface area contributed by atoms with Crippen molar-refractivity contribution >= 4 is 34.5 Å². The molecule has 0 aliphatic heterocycles. The van der Waals surface area contributed by atoms with Gasteiger partial charge in [0.15, 0.2) is 10.8 Å². The van der Waals surface area contributed by atoms with Gasteiger partial charge in [-0.2, -0.15) is 5.10 Å². The molecule has 138 valence electrons.